The van der Waals surface area contributed by atoms with Gasteiger partial charge in [-0.1, -0.05) is 66.4 Å². The van der Waals surface area contributed by atoms with E-state index in [0.29, 0.717) is 5.89 Å². The maximum atomic E-state index is 5.93. The second-order valence-corrected chi connectivity index (χ2v) is 6.00. The molecule has 0 bridgehead atoms. The lowest BCUT2D eigenvalue weighted by atomic mass is 10.0. The van der Waals surface area contributed by atoms with Crippen LogP contribution in [-0.2, 0) is 0 Å². The van der Waals surface area contributed by atoms with Crippen LogP contribution in [0.2, 0.25) is 0 Å². The van der Waals surface area contributed by atoms with Crippen molar-refractivity contribution in [2.45, 2.75) is 9.99 Å². The van der Waals surface area contributed by atoms with Gasteiger partial charge < -0.3 is 4.42 Å². The van der Waals surface area contributed by atoms with Gasteiger partial charge in [0.05, 0.1) is 6.20 Å². The molecule has 0 saturated carbocycles. The zero-order chi connectivity index (χ0) is 14.8. The molecule has 0 saturated heterocycles. The van der Waals surface area contributed by atoms with Crippen molar-refractivity contribution in [1.82, 2.24) is 4.98 Å². The summed E-state index contributed by atoms with van der Waals surface area (Å²) in [6, 6.07) is 24.6. The lowest BCUT2D eigenvalue weighted by Gasteiger charge is -2.02. The fourth-order valence-corrected chi connectivity index (χ4v) is 3.20. The Labute approximate surface area is 132 Å². The van der Waals surface area contributed by atoms with E-state index in [1.807, 2.05) is 42.5 Å². The fraction of sp³-hybridized carbons (Fsp3) is 0. The normalized spacial score (nSPS) is 10.9. The van der Waals surface area contributed by atoms with Crippen LogP contribution in [0.3, 0.4) is 0 Å². The molecule has 0 unspecified atom stereocenters. The SMILES string of the molecule is c1ccc(Sc2cnc(-c3cccc4ccccc34)o2)cc1. The molecule has 1 heterocycles. The van der Waals surface area contributed by atoms with Gasteiger partial charge in [0.2, 0.25) is 5.89 Å². The first-order valence-electron chi connectivity index (χ1n) is 7.07. The van der Waals surface area contributed by atoms with E-state index in [1.165, 1.54) is 5.39 Å². The second-order valence-electron chi connectivity index (χ2n) is 4.93. The summed E-state index contributed by atoms with van der Waals surface area (Å²) in [7, 11) is 0. The number of benzene rings is 3. The highest BCUT2D eigenvalue weighted by molar-refractivity contribution is 7.99. The van der Waals surface area contributed by atoms with Gasteiger partial charge in [-0.2, -0.15) is 0 Å². The minimum atomic E-state index is 0.662. The average molecular weight is 303 g/mol. The van der Waals surface area contributed by atoms with Crippen molar-refractivity contribution in [2.24, 2.45) is 0 Å². The van der Waals surface area contributed by atoms with Crippen LogP contribution >= 0.6 is 11.8 Å². The quantitative estimate of drug-likeness (QED) is 0.489. The number of hydrogen-bond donors (Lipinski definition) is 0. The fourth-order valence-electron chi connectivity index (χ4n) is 2.45. The molecule has 4 rings (SSSR count). The van der Waals surface area contributed by atoms with Gasteiger partial charge in [-0.3, -0.25) is 0 Å². The van der Waals surface area contributed by atoms with Gasteiger partial charge in [0.25, 0.3) is 0 Å². The van der Waals surface area contributed by atoms with Gasteiger partial charge in [0.1, 0.15) is 0 Å². The van der Waals surface area contributed by atoms with Crippen molar-refractivity contribution in [2.75, 3.05) is 0 Å². The monoisotopic (exact) mass is 303 g/mol. The highest BCUT2D eigenvalue weighted by Gasteiger charge is 2.10. The molecule has 2 nitrogen and oxygen atoms in total. The van der Waals surface area contributed by atoms with Gasteiger partial charge in [-0.15, -0.1) is 0 Å². The molecule has 0 spiro atoms. The van der Waals surface area contributed by atoms with Gasteiger partial charge in [-0.25, -0.2) is 4.98 Å². The van der Waals surface area contributed by atoms with Crippen molar-refractivity contribution in [1.29, 1.82) is 0 Å². The Morgan fingerprint density at radius 3 is 2.45 bits per heavy atom. The van der Waals surface area contributed by atoms with Gasteiger partial charge in [0.15, 0.2) is 5.09 Å². The topological polar surface area (TPSA) is 26.0 Å². The first-order valence-corrected chi connectivity index (χ1v) is 7.89. The van der Waals surface area contributed by atoms with Crippen molar-refractivity contribution >= 4 is 22.5 Å². The summed E-state index contributed by atoms with van der Waals surface area (Å²) in [5.74, 6) is 0.662. The molecular weight excluding hydrogens is 290 g/mol. The third kappa shape index (κ3) is 2.51. The van der Waals surface area contributed by atoms with Crippen LogP contribution in [0.5, 0.6) is 0 Å². The molecule has 3 heteroatoms. The second kappa shape index (κ2) is 5.70. The Morgan fingerprint density at radius 2 is 1.55 bits per heavy atom. The maximum Gasteiger partial charge on any atom is 0.228 e. The van der Waals surface area contributed by atoms with Crippen molar-refractivity contribution < 1.29 is 4.42 Å². The van der Waals surface area contributed by atoms with Gasteiger partial charge >= 0.3 is 0 Å². The molecule has 4 aromatic rings. The van der Waals surface area contributed by atoms with Crippen LogP contribution in [0.15, 0.2) is 93.4 Å². The van der Waals surface area contributed by atoms with Crippen LogP contribution in [0, 0.1) is 0 Å². The smallest absolute Gasteiger partial charge is 0.228 e. The molecule has 0 N–H and O–H groups in total. The van der Waals surface area contributed by atoms with Crippen LogP contribution in [0.25, 0.3) is 22.2 Å². The highest BCUT2D eigenvalue weighted by atomic mass is 32.2. The Kier molecular flexibility index (Phi) is 3.41. The highest BCUT2D eigenvalue weighted by Crippen LogP contribution is 2.33. The molecule has 0 radical (unpaired) electrons. The van der Waals surface area contributed by atoms with Crippen molar-refractivity contribution in [3.8, 4) is 11.5 Å². The Balaban J connectivity index is 1.71. The summed E-state index contributed by atoms with van der Waals surface area (Å²) in [5, 5.41) is 3.15. The molecule has 0 fully saturated rings. The summed E-state index contributed by atoms with van der Waals surface area (Å²) >= 11 is 1.58. The van der Waals surface area contributed by atoms with E-state index in [4.69, 9.17) is 4.42 Å². The first-order chi connectivity index (χ1) is 10.9. The van der Waals surface area contributed by atoms with Gasteiger partial charge in [0, 0.05) is 10.5 Å². The van der Waals surface area contributed by atoms with E-state index in [0.717, 1.165) is 20.9 Å². The molecule has 1 aromatic heterocycles. The molecule has 0 amide bonds. The summed E-state index contributed by atoms with van der Waals surface area (Å²) in [5.41, 5.74) is 1.03. The third-order valence-corrected chi connectivity index (χ3v) is 4.36. The summed E-state index contributed by atoms with van der Waals surface area (Å²) in [6.45, 7) is 0. The minimum absolute atomic E-state index is 0.662. The lowest BCUT2D eigenvalue weighted by Crippen LogP contribution is -1.80. The van der Waals surface area contributed by atoms with E-state index in [2.05, 4.69) is 35.3 Å². The van der Waals surface area contributed by atoms with E-state index in [9.17, 15) is 0 Å². The number of rotatable bonds is 3. The van der Waals surface area contributed by atoms with Crippen LogP contribution in [0.1, 0.15) is 0 Å². The number of nitrogens with zero attached hydrogens (tertiary/aromatic N) is 1. The van der Waals surface area contributed by atoms with Crippen LogP contribution in [-0.4, -0.2) is 4.98 Å². The molecule has 0 aliphatic carbocycles. The summed E-state index contributed by atoms with van der Waals surface area (Å²) in [4.78, 5) is 5.59. The number of hydrogen-bond acceptors (Lipinski definition) is 3. The van der Waals surface area contributed by atoms with Crippen LogP contribution < -0.4 is 0 Å². The molecule has 3 aromatic carbocycles. The zero-order valence-electron chi connectivity index (χ0n) is 11.8. The average Bonchev–Trinajstić information content (AvgIpc) is 3.03. The Hall–Kier alpha value is -2.52. The third-order valence-electron chi connectivity index (χ3n) is 3.47. The number of fused-ring (bicyclic) bond motifs is 1. The number of oxazole rings is 1. The standard InChI is InChI=1S/C19H13NOS/c1-2-9-15(10-3-1)22-18-13-20-19(21-18)17-12-6-8-14-7-4-5-11-16(14)17/h1-13H. The lowest BCUT2D eigenvalue weighted by molar-refractivity contribution is 0.485. The van der Waals surface area contributed by atoms with E-state index in [-0.39, 0.29) is 0 Å². The Bertz CT molecular complexity index is 910. The Morgan fingerprint density at radius 1 is 0.773 bits per heavy atom. The van der Waals surface area contributed by atoms with E-state index >= 15 is 0 Å². The van der Waals surface area contributed by atoms with Crippen molar-refractivity contribution in [3.05, 3.63) is 79.0 Å². The molecule has 0 aliphatic rings. The number of aromatic nitrogens is 1. The molecule has 22 heavy (non-hydrogen) atoms. The maximum absolute atomic E-state index is 5.93. The summed E-state index contributed by atoms with van der Waals surface area (Å²) in [6.07, 6.45) is 1.79. The van der Waals surface area contributed by atoms with Crippen LogP contribution in [0.4, 0.5) is 0 Å². The predicted octanol–water partition coefficient (Wildman–Crippen LogP) is 5.65. The minimum Gasteiger partial charge on any atom is -0.430 e. The summed E-state index contributed by atoms with van der Waals surface area (Å²) < 4.78 is 5.93. The molecule has 0 aliphatic heterocycles. The predicted molar refractivity (Wildman–Crippen MR) is 90.0 cm³/mol. The molecule has 0 atom stereocenters. The molecular formula is C19H13NOS. The van der Waals surface area contributed by atoms with E-state index in [1.54, 1.807) is 18.0 Å². The van der Waals surface area contributed by atoms with Gasteiger partial charge in [-0.05, 0) is 29.0 Å². The van der Waals surface area contributed by atoms with E-state index < -0.39 is 0 Å². The largest absolute Gasteiger partial charge is 0.430 e. The molecule has 106 valence electrons. The first kappa shape index (κ1) is 13.2. The zero-order valence-corrected chi connectivity index (χ0v) is 12.6. The van der Waals surface area contributed by atoms with Crippen molar-refractivity contribution in [3.63, 3.8) is 0 Å².